The highest BCUT2D eigenvalue weighted by Gasteiger charge is 2.24. The molecule has 15 heavy (non-hydrogen) atoms. The topological polar surface area (TPSA) is 38.5 Å². The van der Waals surface area contributed by atoms with Crippen molar-refractivity contribution in [2.75, 3.05) is 18.1 Å². The van der Waals surface area contributed by atoms with Crippen molar-refractivity contribution >= 4 is 17.3 Å². The van der Waals surface area contributed by atoms with Crippen molar-refractivity contribution in [2.24, 2.45) is 5.90 Å². The molecule has 1 atom stereocenters. The molecule has 0 spiro atoms. The van der Waals surface area contributed by atoms with Gasteiger partial charge in [-0.2, -0.15) is 0 Å². The largest absolute Gasteiger partial charge is 0.366 e. The molecule has 1 aliphatic rings. The number of nitrogens with zero attached hydrogens (tertiary/aromatic N) is 1. The Bertz CT molecular complexity index is 332. The number of benzene rings is 1. The number of hydrogen-bond acceptors (Lipinski definition) is 3. The Balaban J connectivity index is 2.15. The maximum absolute atomic E-state index is 5.97. The van der Waals surface area contributed by atoms with Gasteiger partial charge in [-0.3, -0.25) is 0 Å². The van der Waals surface area contributed by atoms with E-state index in [1.807, 2.05) is 18.2 Å². The van der Waals surface area contributed by atoms with Crippen LogP contribution in [0.5, 0.6) is 0 Å². The zero-order valence-corrected chi connectivity index (χ0v) is 9.28. The summed E-state index contributed by atoms with van der Waals surface area (Å²) in [5.41, 5.74) is 1.15. The van der Waals surface area contributed by atoms with Crippen molar-refractivity contribution in [3.63, 3.8) is 0 Å². The van der Waals surface area contributed by atoms with Crippen LogP contribution in [0.1, 0.15) is 12.8 Å². The van der Waals surface area contributed by atoms with E-state index in [2.05, 4.69) is 11.0 Å². The summed E-state index contributed by atoms with van der Waals surface area (Å²) >= 11 is 5.97. The lowest BCUT2D eigenvalue weighted by Crippen LogP contribution is -2.33. The molecular formula is C11H15ClN2O. The Morgan fingerprint density at radius 3 is 3.13 bits per heavy atom. The van der Waals surface area contributed by atoms with E-state index in [9.17, 15) is 0 Å². The summed E-state index contributed by atoms with van der Waals surface area (Å²) in [5.74, 6) is 5.13. The van der Waals surface area contributed by atoms with Gasteiger partial charge in [0.15, 0.2) is 0 Å². The van der Waals surface area contributed by atoms with E-state index in [1.54, 1.807) is 0 Å². The molecule has 1 aromatic rings. The molecule has 0 aromatic heterocycles. The minimum absolute atomic E-state index is 0.383. The van der Waals surface area contributed by atoms with Crippen molar-refractivity contribution in [3.05, 3.63) is 29.3 Å². The molecule has 0 bridgehead atoms. The molecule has 0 amide bonds. The third kappa shape index (κ3) is 2.43. The van der Waals surface area contributed by atoms with E-state index in [1.165, 1.54) is 6.42 Å². The predicted molar refractivity (Wildman–Crippen MR) is 62.0 cm³/mol. The fourth-order valence-corrected chi connectivity index (χ4v) is 2.30. The van der Waals surface area contributed by atoms with Crippen molar-refractivity contribution in [3.8, 4) is 0 Å². The molecule has 4 heteroatoms. The van der Waals surface area contributed by atoms with Gasteiger partial charge in [0, 0.05) is 17.3 Å². The first-order chi connectivity index (χ1) is 7.31. The third-order valence-electron chi connectivity index (χ3n) is 2.81. The number of halogens is 1. The fourth-order valence-electron chi connectivity index (χ4n) is 2.11. The molecule has 1 aromatic carbocycles. The smallest absolute Gasteiger partial charge is 0.0882 e. The lowest BCUT2D eigenvalue weighted by molar-refractivity contribution is 0.124. The summed E-state index contributed by atoms with van der Waals surface area (Å²) in [5, 5.41) is 0.770. The van der Waals surface area contributed by atoms with Gasteiger partial charge in [-0.15, -0.1) is 0 Å². The molecule has 2 N–H and O–H groups in total. The second-order valence-corrected chi connectivity index (χ2v) is 4.24. The molecule has 0 radical (unpaired) electrons. The quantitative estimate of drug-likeness (QED) is 0.804. The first-order valence-electron chi connectivity index (χ1n) is 5.15. The molecule has 2 rings (SSSR count). The number of nitrogens with two attached hydrogens (primary N) is 1. The van der Waals surface area contributed by atoms with Crippen LogP contribution >= 0.6 is 11.6 Å². The first kappa shape index (κ1) is 10.7. The standard InChI is InChI=1S/C11H15ClN2O/c12-9-3-1-4-10(7-9)14-6-2-5-11(14)8-15-13/h1,3-4,7,11H,2,5-6,8,13H2. The summed E-state index contributed by atoms with van der Waals surface area (Å²) in [6, 6.07) is 8.29. The maximum atomic E-state index is 5.97. The molecular weight excluding hydrogens is 212 g/mol. The molecule has 1 unspecified atom stereocenters. The summed E-state index contributed by atoms with van der Waals surface area (Å²) in [4.78, 5) is 7.04. The Morgan fingerprint density at radius 1 is 1.53 bits per heavy atom. The normalized spacial score (nSPS) is 20.9. The Hall–Kier alpha value is -0.770. The highest BCUT2D eigenvalue weighted by Crippen LogP contribution is 2.27. The number of rotatable bonds is 3. The Morgan fingerprint density at radius 2 is 2.40 bits per heavy atom. The van der Waals surface area contributed by atoms with Crippen LogP contribution in [0.3, 0.4) is 0 Å². The van der Waals surface area contributed by atoms with Crippen molar-refractivity contribution in [1.29, 1.82) is 0 Å². The van der Waals surface area contributed by atoms with E-state index in [4.69, 9.17) is 22.3 Å². The van der Waals surface area contributed by atoms with E-state index in [0.717, 1.165) is 23.7 Å². The van der Waals surface area contributed by atoms with Crippen LogP contribution < -0.4 is 10.8 Å². The maximum Gasteiger partial charge on any atom is 0.0882 e. The van der Waals surface area contributed by atoms with Crippen LogP contribution in [-0.2, 0) is 4.84 Å². The third-order valence-corrected chi connectivity index (χ3v) is 3.04. The van der Waals surface area contributed by atoms with E-state index < -0.39 is 0 Å². The van der Waals surface area contributed by atoms with Crippen molar-refractivity contribution < 1.29 is 4.84 Å². The molecule has 1 aliphatic heterocycles. The van der Waals surface area contributed by atoms with Crippen LogP contribution in [0.4, 0.5) is 5.69 Å². The minimum Gasteiger partial charge on any atom is -0.366 e. The molecule has 0 aliphatic carbocycles. The molecule has 3 nitrogen and oxygen atoms in total. The van der Waals surface area contributed by atoms with Crippen LogP contribution in [-0.4, -0.2) is 19.2 Å². The number of hydrogen-bond donors (Lipinski definition) is 1. The molecule has 1 heterocycles. The van der Waals surface area contributed by atoms with E-state index in [-0.39, 0.29) is 0 Å². The van der Waals surface area contributed by atoms with Gasteiger partial charge in [0.2, 0.25) is 0 Å². The molecule has 1 fully saturated rings. The average molecular weight is 227 g/mol. The Labute approximate surface area is 94.7 Å². The summed E-state index contributed by atoms with van der Waals surface area (Å²) < 4.78 is 0. The second-order valence-electron chi connectivity index (χ2n) is 3.80. The average Bonchev–Trinajstić information content (AvgIpc) is 2.66. The van der Waals surface area contributed by atoms with Crippen molar-refractivity contribution in [2.45, 2.75) is 18.9 Å². The fraction of sp³-hybridized carbons (Fsp3) is 0.455. The van der Waals surface area contributed by atoms with Gasteiger partial charge < -0.3 is 9.74 Å². The molecule has 0 saturated carbocycles. The minimum atomic E-state index is 0.383. The van der Waals surface area contributed by atoms with Crippen LogP contribution in [0.2, 0.25) is 5.02 Å². The first-order valence-corrected chi connectivity index (χ1v) is 5.53. The van der Waals surface area contributed by atoms with E-state index in [0.29, 0.717) is 12.6 Å². The number of anilines is 1. The molecule has 82 valence electrons. The Kier molecular flexibility index (Phi) is 3.46. The summed E-state index contributed by atoms with van der Waals surface area (Å²) in [6.07, 6.45) is 2.31. The second kappa shape index (κ2) is 4.84. The van der Waals surface area contributed by atoms with Crippen LogP contribution in [0, 0.1) is 0 Å². The van der Waals surface area contributed by atoms with Gasteiger partial charge in [0.25, 0.3) is 0 Å². The lowest BCUT2D eigenvalue weighted by Gasteiger charge is -2.26. The van der Waals surface area contributed by atoms with Crippen molar-refractivity contribution in [1.82, 2.24) is 0 Å². The molecule has 1 saturated heterocycles. The highest BCUT2D eigenvalue weighted by atomic mass is 35.5. The van der Waals surface area contributed by atoms with Gasteiger partial charge in [0.1, 0.15) is 0 Å². The van der Waals surface area contributed by atoms with E-state index >= 15 is 0 Å². The predicted octanol–water partition coefficient (Wildman–Crippen LogP) is 2.20. The van der Waals surface area contributed by atoms with Crippen LogP contribution in [0.15, 0.2) is 24.3 Å². The lowest BCUT2D eigenvalue weighted by atomic mass is 10.2. The highest BCUT2D eigenvalue weighted by molar-refractivity contribution is 6.30. The SMILES string of the molecule is NOCC1CCCN1c1cccc(Cl)c1. The van der Waals surface area contributed by atoms with Gasteiger partial charge in [0.05, 0.1) is 12.6 Å². The van der Waals surface area contributed by atoms with Gasteiger partial charge in [-0.05, 0) is 31.0 Å². The van der Waals surface area contributed by atoms with Gasteiger partial charge in [-0.25, -0.2) is 5.90 Å². The summed E-state index contributed by atoms with van der Waals surface area (Å²) in [7, 11) is 0. The zero-order valence-electron chi connectivity index (χ0n) is 8.53. The monoisotopic (exact) mass is 226 g/mol. The van der Waals surface area contributed by atoms with Gasteiger partial charge >= 0.3 is 0 Å². The van der Waals surface area contributed by atoms with Gasteiger partial charge in [-0.1, -0.05) is 17.7 Å². The summed E-state index contributed by atoms with van der Waals surface area (Å²) in [6.45, 7) is 1.63. The zero-order chi connectivity index (χ0) is 10.7. The van der Waals surface area contributed by atoms with Crippen LogP contribution in [0.25, 0.3) is 0 Å².